The van der Waals surface area contributed by atoms with Gasteiger partial charge in [0.2, 0.25) is 5.76 Å². The highest BCUT2D eigenvalue weighted by molar-refractivity contribution is 8.03. The van der Waals surface area contributed by atoms with Gasteiger partial charge >= 0.3 is 11.9 Å². The number of nitrogens with zero attached hydrogens (tertiary/aromatic N) is 1. The van der Waals surface area contributed by atoms with E-state index in [0.29, 0.717) is 5.57 Å². The van der Waals surface area contributed by atoms with E-state index in [4.69, 9.17) is 14.6 Å². The average molecular weight is 293 g/mol. The fourth-order valence-corrected chi connectivity index (χ4v) is 3.08. The molecule has 3 rings (SSSR count). The number of hydrogen-bond acceptors (Lipinski definition) is 5. The molecule has 2 aliphatic rings. The van der Waals surface area contributed by atoms with E-state index in [1.54, 1.807) is 0 Å². The first-order chi connectivity index (χ1) is 9.49. The second kappa shape index (κ2) is 4.27. The first-order valence-electron chi connectivity index (χ1n) is 5.46. The molecule has 0 radical (unpaired) electrons. The number of hydrogen-bond donors (Lipinski definition) is 2. The number of carbonyl (C=O) groups is 3. The predicted molar refractivity (Wildman–Crippen MR) is 67.6 cm³/mol. The molecule has 0 spiro atoms. The number of carbonyl (C=O) groups excluding carboxylic acids is 1. The minimum Gasteiger partial charge on any atom is -0.477 e. The lowest BCUT2D eigenvalue weighted by atomic mass is 10.0. The molecule has 1 atom stereocenters. The zero-order valence-electron chi connectivity index (χ0n) is 9.77. The normalized spacial score (nSPS) is 22.5. The van der Waals surface area contributed by atoms with Crippen LogP contribution in [0.25, 0.3) is 6.08 Å². The SMILES string of the molecule is O=C(O)C1=CS[C@@H]2C(=Cc3ccc(C(=O)O)o3)C(=O)N12. The summed E-state index contributed by atoms with van der Waals surface area (Å²) in [5.74, 6) is -2.74. The Kier molecular flexibility index (Phi) is 2.68. The molecule has 8 heteroatoms. The smallest absolute Gasteiger partial charge is 0.371 e. The molecule has 7 nitrogen and oxygen atoms in total. The van der Waals surface area contributed by atoms with Crippen LogP contribution in [-0.2, 0) is 9.59 Å². The molecule has 1 aromatic rings. The maximum Gasteiger partial charge on any atom is 0.371 e. The zero-order chi connectivity index (χ0) is 14.4. The standard InChI is InChI=1S/C12H7NO6S/c14-9-6(3-5-1-2-8(19-5)12(17)18)10-13(9)7(4-20-10)11(15)16/h1-4,10H,(H,15,16)(H,17,18)/t10-/m1/s1. The van der Waals surface area contributed by atoms with Crippen LogP contribution in [0.4, 0.5) is 0 Å². The fraction of sp³-hybridized carbons (Fsp3) is 0.0833. The van der Waals surface area contributed by atoms with Gasteiger partial charge in [-0.15, -0.1) is 11.8 Å². The molecule has 1 amide bonds. The summed E-state index contributed by atoms with van der Waals surface area (Å²) in [5, 5.41) is 18.7. The van der Waals surface area contributed by atoms with E-state index in [1.807, 2.05) is 0 Å². The summed E-state index contributed by atoms with van der Waals surface area (Å²) in [4.78, 5) is 34.6. The molecule has 102 valence electrons. The van der Waals surface area contributed by atoms with E-state index >= 15 is 0 Å². The van der Waals surface area contributed by atoms with Crippen molar-refractivity contribution in [1.82, 2.24) is 4.90 Å². The maximum absolute atomic E-state index is 11.9. The number of fused-ring (bicyclic) bond motifs is 1. The van der Waals surface area contributed by atoms with Crippen molar-refractivity contribution in [2.24, 2.45) is 0 Å². The summed E-state index contributed by atoms with van der Waals surface area (Å²) in [6, 6.07) is 2.73. The van der Waals surface area contributed by atoms with Crippen LogP contribution in [0.2, 0.25) is 0 Å². The van der Waals surface area contributed by atoms with Gasteiger partial charge in [-0.25, -0.2) is 9.59 Å². The Hall–Kier alpha value is -2.48. The number of furan rings is 1. The molecular weight excluding hydrogens is 286 g/mol. The van der Waals surface area contributed by atoms with Gasteiger partial charge < -0.3 is 14.6 Å². The molecule has 1 aromatic heterocycles. The highest BCUT2D eigenvalue weighted by Crippen LogP contribution is 2.45. The van der Waals surface area contributed by atoms with Crippen molar-refractivity contribution in [3.8, 4) is 0 Å². The number of aliphatic carboxylic acids is 1. The molecule has 1 fully saturated rings. The lowest BCUT2D eigenvalue weighted by molar-refractivity contribution is -0.141. The van der Waals surface area contributed by atoms with Crippen molar-refractivity contribution in [3.05, 3.63) is 40.3 Å². The minimum atomic E-state index is -1.19. The van der Waals surface area contributed by atoms with Crippen LogP contribution in [0.1, 0.15) is 16.3 Å². The number of rotatable bonds is 3. The second-order valence-electron chi connectivity index (χ2n) is 4.08. The Morgan fingerprint density at radius 3 is 2.65 bits per heavy atom. The summed E-state index contributed by atoms with van der Waals surface area (Å²) < 4.78 is 5.03. The van der Waals surface area contributed by atoms with Gasteiger partial charge in [-0.1, -0.05) is 0 Å². The molecule has 2 N–H and O–H groups in total. The molecule has 3 heterocycles. The van der Waals surface area contributed by atoms with Crippen molar-refractivity contribution in [3.63, 3.8) is 0 Å². The van der Waals surface area contributed by atoms with Crippen molar-refractivity contribution >= 4 is 35.7 Å². The molecule has 0 saturated carbocycles. The summed E-state index contributed by atoms with van der Waals surface area (Å²) in [6.07, 6.45) is 1.43. The Bertz CT molecular complexity index is 701. The molecule has 0 aromatic carbocycles. The van der Waals surface area contributed by atoms with Crippen molar-refractivity contribution in [1.29, 1.82) is 0 Å². The highest BCUT2D eigenvalue weighted by atomic mass is 32.2. The first kappa shape index (κ1) is 12.5. The molecular formula is C12H7NO6S. The number of aromatic carboxylic acids is 1. The monoisotopic (exact) mass is 293 g/mol. The average Bonchev–Trinajstić information content (AvgIpc) is 3.00. The van der Waals surface area contributed by atoms with Crippen molar-refractivity contribution < 1.29 is 29.0 Å². The van der Waals surface area contributed by atoms with Gasteiger partial charge in [0, 0.05) is 5.41 Å². The van der Waals surface area contributed by atoms with Crippen LogP contribution in [-0.4, -0.2) is 38.3 Å². The largest absolute Gasteiger partial charge is 0.477 e. The van der Waals surface area contributed by atoms with Crippen LogP contribution in [0.5, 0.6) is 0 Å². The zero-order valence-corrected chi connectivity index (χ0v) is 10.6. The lowest BCUT2D eigenvalue weighted by Gasteiger charge is -2.36. The summed E-state index contributed by atoms with van der Waals surface area (Å²) in [6.45, 7) is 0. The number of carboxylic acid groups (broad SMARTS) is 2. The number of β-lactam (4-membered cyclic amide) rings is 1. The Balaban J connectivity index is 1.84. The molecule has 20 heavy (non-hydrogen) atoms. The molecule has 0 aliphatic carbocycles. The van der Waals surface area contributed by atoms with Gasteiger partial charge in [-0.3, -0.25) is 9.69 Å². The van der Waals surface area contributed by atoms with Gasteiger partial charge in [-0.2, -0.15) is 0 Å². The van der Waals surface area contributed by atoms with Crippen molar-refractivity contribution in [2.45, 2.75) is 5.37 Å². The van der Waals surface area contributed by atoms with E-state index in [2.05, 4.69) is 0 Å². The van der Waals surface area contributed by atoms with Crippen LogP contribution >= 0.6 is 11.8 Å². The fourth-order valence-electron chi connectivity index (χ4n) is 1.96. The lowest BCUT2D eigenvalue weighted by Crippen LogP contribution is -2.51. The van der Waals surface area contributed by atoms with E-state index in [-0.39, 0.29) is 22.6 Å². The van der Waals surface area contributed by atoms with Crippen LogP contribution in [0, 0.1) is 0 Å². The third kappa shape index (κ3) is 1.73. The minimum absolute atomic E-state index is 0.0483. The number of carboxylic acids is 2. The van der Waals surface area contributed by atoms with E-state index in [0.717, 1.165) is 0 Å². The third-order valence-corrected chi connectivity index (χ3v) is 3.97. The van der Waals surface area contributed by atoms with Crippen LogP contribution in [0.3, 0.4) is 0 Å². The predicted octanol–water partition coefficient (Wildman–Crippen LogP) is 1.20. The Labute approximate surface area is 116 Å². The first-order valence-corrected chi connectivity index (χ1v) is 6.40. The Morgan fingerprint density at radius 2 is 2.05 bits per heavy atom. The van der Waals surface area contributed by atoms with Crippen LogP contribution in [0.15, 0.2) is 33.2 Å². The third-order valence-electron chi connectivity index (χ3n) is 2.89. The van der Waals surface area contributed by atoms with Gasteiger partial charge in [0.15, 0.2) is 0 Å². The highest BCUT2D eigenvalue weighted by Gasteiger charge is 2.49. The van der Waals surface area contributed by atoms with Crippen molar-refractivity contribution in [2.75, 3.05) is 0 Å². The summed E-state index contributed by atoms with van der Waals surface area (Å²) in [5.41, 5.74) is 0.335. The number of amides is 1. The van der Waals surface area contributed by atoms with E-state index in [1.165, 1.54) is 40.3 Å². The molecule has 1 saturated heterocycles. The van der Waals surface area contributed by atoms with Gasteiger partial charge in [0.05, 0.1) is 5.57 Å². The van der Waals surface area contributed by atoms with E-state index < -0.39 is 17.8 Å². The van der Waals surface area contributed by atoms with E-state index in [9.17, 15) is 14.4 Å². The Morgan fingerprint density at radius 1 is 1.30 bits per heavy atom. The maximum atomic E-state index is 11.9. The summed E-state index contributed by atoms with van der Waals surface area (Å²) >= 11 is 1.21. The molecule has 0 unspecified atom stereocenters. The van der Waals surface area contributed by atoms with Gasteiger partial charge in [0.25, 0.3) is 5.91 Å². The van der Waals surface area contributed by atoms with Crippen LogP contribution < -0.4 is 0 Å². The van der Waals surface area contributed by atoms with Gasteiger partial charge in [0.1, 0.15) is 16.8 Å². The number of thioether (sulfide) groups is 1. The summed E-state index contributed by atoms with van der Waals surface area (Å²) in [7, 11) is 0. The van der Waals surface area contributed by atoms with Gasteiger partial charge in [-0.05, 0) is 18.2 Å². The quantitative estimate of drug-likeness (QED) is 0.636. The molecule has 0 bridgehead atoms. The topological polar surface area (TPSA) is 108 Å². The second-order valence-corrected chi connectivity index (χ2v) is 5.03. The molecule has 2 aliphatic heterocycles.